The minimum absolute atomic E-state index is 0.0177. The predicted octanol–water partition coefficient (Wildman–Crippen LogP) is 1.97. The van der Waals surface area contributed by atoms with E-state index < -0.39 is 10.0 Å². The van der Waals surface area contributed by atoms with Gasteiger partial charge in [-0.1, -0.05) is 11.6 Å². The number of H-pyrrole nitrogens is 1. The van der Waals surface area contributed by atoms with E-state index in [2.05, 4.69) is 19.9 Å². The van der Waals surface area contributed by atoms with E-state index in [1.165, 1.54) is 12.4 Å². The number of anilines is 1. The highest BCUT2D eigenvalue weighted by Crippen LogP contribution is 2.31. The maximum absolute atomic E-state index is 12.3. The monoisotopic (exact) mass is 316 g/mol. The minimum atomic E-state index is -3.87. The Bertz CT molecular complexity index is 701. The number of hydrogen-bond acceptors (Lipinski definition) is 5. The molecule has 0 aliphatic heterocycles. The highest BCUT2D eigenvalue weighted by molar-refractivity contribution is 7.92. The van der Waals surface area contributed by atoms with E-state index >= 15 is 0 Å². The average Bonchev–Trinajstić information content (AvgIpc) is 2.85. The number of aromatic amines is 1. The van der Waals surface area contributed by atoms with Crippen LogP contribution >= 0.6 is 11.6 Å². The molecule has 9 heteroatoms. The predicted molar refractivity (Wildman–Crippen MR) is 74.5 cm³/mol. The largest absolute Gasteiger partial charge is 0.492 e. The van der Waals surface area contributed by atoms with E-state index in [0.29, 0.717) is 11.6 Å². The van der Waals surface area contributed by atoms with E-state index in [4.69, 9.17) is 16.3 Å². The van der Waals surface area contributed by atoms with Crippen molar-refractivity contribution in [2.75, 3.05) is 11.3 Å². The quantitative estimate of drug-likeness (QED) is 0.879. The van der Waals surface area contributed by atoms with Gasteiger partial charge in [-0.2, -0.15) is 10.1 Å². The van der Waals surface area contributed by atoms with Gasteiger partial charge in [-0.05, 0) is 31.5 Å². The standard InChI is InChI=1S/C11H13ClN4O3S/c1-3-19-9-4-7(2)8(12)5-10(9)20(17,18)16-11-13-6-14-15-11/h4-6H,3H2,1-2H3,(H2,13,14,15,16). The van der Waals surface area contributed by atoms with Gasteiger partial charge in [0, 0.05) is 5.02 Å². The molecule has 0 bridgehead atoms. The van der Waals surface area contributed by atoms with Crippen molar-refractivity contribution in [3.05, 3.63) is 29.0 Å². The second kappa shape index (κ2) is 5.68. The van der Waals surface area contributed by atoms with Crippen LogP contribution in [-0.4, -0.2) is 30.2 Å². The van der Waals surface area contributed by atoms with Crippen molar-refractivity contribution in [1.82, 2.24) is 15.2 Å². The summed E-state index contributed by atoms with van der Waals surface area (Å²) in [5.41, 5.74) is 0.730. The number of nitrogens with one attached hydrogen (secondary N) is 2. The van der Waals surface area contributed by atoms with Gasteiger partial charge in [0.15, 0.2) is 0 Å². The van der Waals surface area contributed by atoms with Crippen LogP contribution in [0.15, 0.2) is 23.4 Å². The van der Waals surface area contributed by atoms with Gasteiger partial charge in [0.2, 0.25) is 5.95 Å². The van der Waals surface area contributed by atoms with Crippen LogP contribution in [0.4, 0.5) is 5.95 Å². The van der Waals surface area contributed by atoms with Crippen LogP contribution in [0, 0.1) is 6.92 Å². The Hall–Kier alpha value is -1.80. The van der Waals surface area contributed by atoms with E-state index in [0.717, 1.165) is 5.56 Å². The molecule has 0 unspecified atom stereocenters. The highest BCUT2D eigenvalue weighted by Gasteiger charge is 2.22. The van der Waals surface area contributed by atoms with Crippen LogP contribution < -0.4 is 9.46 Å². The maximum Gasteiger partial charge on any atom is 0.267 e. The molecular weight excluding hydrogens is 304 g/mol. The first-order valence-electron chi connectivity index (χ1n) is 5.75. The number of hydrogen-bond donors (Lipinski definition) is 2. The molecule has 0 spiro atoms. The van der Waals surface area contributed by atoms with Crippen molar-refractivity contribution in [2.24, 2.45) is 0 Å². The third kappa shape index (κ3) is 3.02. The van der Waals surface area contributed by atoms with Crippen molar-refractivity contribution >= 4 is 27.6 Å². The number of benzene rings is 1. The lowest BCUT2D eigenvalue weighted by molar-refractivity contribution is 0.331. The van der Waals surface area contributed by atoms with Crippen molar-refractivity contribution in [1.29, 1.82) is 0 Å². The molecule has 0 saturated heterocycles. The molecule has 0 amide bonds. The number of ether oxygens (including phenoxy) is 1. The number of nitrogens with zero attached hydrogens (tertiary/aromatic N) is 2. The molecule has 1 heterocycles. The molecule has 20 heavy (non-hydrogen) atoms. The normalized spacial score (nSPS) is 11.3. The molecule has 1 aromatic heterocycles. The summed E-state index contributed by atoms with van der Waals surface area (Å²) in [4.78, 5) is 3.66. The zero-order valence-corrected chi connectivity index (χ0v) is 12.4. The van der Waals surface area contributed by atoms with Crippen LogP contribution in [0.25, 0.3) is 0 Å². The lowest BCUT2D eigenvalue weighted by atomic mass is 10.2. The summed E-state index contributed by atoms with van der Waals surface area (Å²) in [5, 5.41) is 6.32. The molecule has 0 aliphatic rings. The molecule has 0 fully saturated rings. The number of halogens is 1. The first-order valence-corrected chi connectivity index (χ1v) is 7.61. The van der Waals surface area contributed by atoms with Crippen molar-refractivity contribution in [3.63, 3.8) is 0 Å². The Balaban J connectivity index is 2.47. The highest BCUT2D eigenvalue weighted by atomic mass is 35.5. The third-order valence-corrected chi connectivity index (χ3v) is 4.23. The average molecular weight is 317 g/mol. The number of aryl methyl sites for hydroxylation is 1. The Morgan fingerprint density at radius 1 is 1.45 bits per heavy atom. The van der Waals surface area contributed by atoms with Gasteiger partial charge >= 0.3 is 0 Å². The summed E-state index contributed by atoms with van der Waals surface area (Å²) < 4.78 is 32.3. The summed E-state index contributed by atoms with van der Waals surface area (Å²) in [6.07, 6.45) is 1.20. The molecule has 0 aliphatic carbocycles. The Morgan fingerprint density at radius 2 is 2.20 bits per heavy atom. The van der Waals surface area contributed by atoms with Crippen LogP contribution in [0.1, 0.15) is 12.5 Å². The zero-order valence-electron chi connectivity index (χ0n) is 10.8. The SMILES string of the molecule is CCOc1cc(C)c(Cl)cc1S(=O)(=O)Nc1ncn[nH]1. The van der Waals surface area contributed by atoms with E-state index in [-0.39, 0.29) is 16.6 Å². The van der Waals surface area contributed by atoms with Gasteiger partial charge in [0.25, 0.3) is 10.0 Å². The summed E-state index contributed by atoms with van der Waals surface area (Å²) in [5.74, 6) is 0.255. The Labute approximate surface area is 121 Å². The van der Waals surface area contributed by atoms with E-state index in [9.17, 15) is 8.42 Å². The molecule has 0 radical (unpaired) electrons. The van der Waals surface area contributed by atoms with Crippen molar-refractivity contribution < 1.29 is 13.2 Å². The topological polar surface area (TPSA) is 97.0 Å². The summed E-state index contributed by atoms with van der Waals surface area (Å²) in [6.45, 7) is 3.88. The van der Waals surface area contributed by atoms with Gasteiger partial charge in [-0.3, -0.25) is 0 Å². The molecular formula is C11H13ClN4O3S. The summed E-state index contributed by atoms with van der Waals surface area (Å²) in [7, 11) is -3.87. The molecule has 2 N–H and O–H groups in total. The molecule has 1 aromatic carbocycles. The molecule has 108 valence electrons. The lowest BCUT2D eigenvalue weighted by Crippen LogP contribution is -2.15. The van der Waals surface area contributed by atoms with Crippen LogP contribution in [0.5, 0.6) is 5.75 Å². The fraction of sp³-hybridized carbons (Fsp3) is 0.273. The first-order chi connectivity index (χ1) is 9.44. The zero-order chi connectivity index (χ0) is 14.8. The van der Waals surface area contributed by atoms with Gasteiger partial charge in [0.1, 0.15) is 17.0 Å². The van der Waals surface area contributed by atoms with E-state index in [1.54, 1.807) is 19.9 Å². The maximum atomic E-state index is 12.3. The van der Waals surface area contributed by atoms with Crippen LogP contribution in [0.2, 0.25) is 5.02 Å². The molecule has 0 atom stereocenters. The van der Waals surface area contributed by atoms with Gasteiger partial charge in [-0.25, -0.2) is 18.2 Å². The second-order valence-electron chi connectivity index (χ2n) is 3.92. The number of aromatic nitrogens is 3. The molecule has 2 rings (SSSR count). The fourth-order valence-electron chi connectivity index (χ4n) is 1.55. The van der Waals surface area contributed by atoms with Crippen molar-refractivity contribution in [2.45, 2.75) is 18.7 Å². The van der Waals surface area contributed by atoms with Gasteiger partial charge in [-0.15, -0.1) is 0 Å². The molecule has 7 nitrogen and oxygen atoms in total. The molecule has 0 saturated carbocycles. The fourth-order valence-corrected chi connectivity index (χ4v) is 2.90. The van der Waals surface area contributed by atoms with Crippen molar-refractivity contribution in [3.8, 4) is 5.75 Å². The molecule has 2 aromatic rings. The van der Waals surface area contributed by atoms with E-state index in [1.807, 2.05) is 0 Å². The Kier molecular flexibility index (Phi) is 4.15. The minimum Gasteiger partial charge on any atom is -0.492 e. The third-order valence-electron chi connectivity index (χ3n) is 2.46. The lowest BCUT2D eigenvalue weighted by Gasteiger charge is -2.13. The first kappa shape index (κ1) is 14.6. The number of sulfonamides is 1. The van der Waals surface area contributed by atoms with Gasteiger partial charge < -0.3 is 4.74 Å². The smallest absolute Gasteiger partial charge is 0.267 e. The second-order valence-corrected chi connectivity index (χ2v) is 5.98. The Morgan fingerprint density at radius 3 is 2.80 bits per heavy atom. The van der Waals surface area contributed by atoms with Gasteiger partial charge in [0.05, 0.1) is 6.61 Å². The number of rotatable bonds is 5. The summed E-state index contributed by atoms with van der Waals surface area (Å²) >= 11 is 5.99. The summed E-state index contributed by atoms with van der Waals surface area (Å²) in [6, 6.07) is 2.93. The van der Waals surface area contributed by atoms with Crippen LogP contribution in [0.3, 0.4) is 0 Å². The van der Waals surface area contributed by atoms with Crippen LogP contribution in [-0.2, 0) is 10.0 Å².